The SMILES string of the molecule is Cc1ccc(S(=O)(=O)O)cc1.ONNc1ccccc1. The maximum absolute atomic E-state index is 10.5. The lowest BCUT2D eigenvalue weighted by molar-refractivity contribution is 0.193. The Bertz CT molecular complexity index is 613. The van der Waals surface area contributed by atoms with E-state index in [9.17, 15) is 8.42 Å². The second-order valence-corrected chi connectivity index (χ2v) is 5.31. The van der Waals surface area contributed by atoms with Crippen molar-refractivity contribution in [3.63, 3.8) is 0 Å². The van der Waals surface area contributed by atoms with Gasteiger partial charge in [-0.2, -0.15) is 8.42 Å². The number of hydrazine groups is 1. The molecular formula is C13H16N2O4S. The summed E-state index contributed by atoms with van der Waals surface area (Å²) in [5, 5.41) is 8.16. The van der Waals surface area contributed by atoms with Crippen molar-refractivity contribution >= 4 is 15.8 Å². The fourth-order valence-electron chi connectivity index (χ4n) is 1.30. The molecule has 0 saturated heterocycles. The predicted octanol–water partition coefficient (Wildman–Crippen LogP) is 2.23. The molecule has 0 fully saturated rings. The van der Waals surface area contributed by atoms with Crippen LogP contribution in [0.2, 0.25) is 0 Å². The molecule has 108 valence electrons. The molecule has 0 radical (unpaired) electrons. The molecule has 0 heterocycles. The highest BCUT2D eigenvalue weighted by Gasteiger charge is 2.06. The smallest absolute Gasteiger partial charge is 0.294 e. The number of anilines is 1. The highest BCUT2D eigenvalue weighted by atomic mass is 32.2. The molecule has 7 heteroatoms. The summed E-state index contributed by atoms with van der Waals surface area (Å²) in [6.07, 6.45) is 0. The van der Waals surface area contributed by atoms with Crippen molar-refractivity contribution in [2.45, 2.75) is 11.8 Å². The molecule has 0 aliphatic rings. The molecule has 20 heavy (non-hydrogen) atoms. The molecule has 0 amide bonds. The van der Waals surface area contributed by atoms with Crippen LogP contribution in [0.5, 0.6) is 0 Å². The summed E-state index contributed by atoms with van der Waals surface area (Å²) in [5.41, 5.74) is 6.14. The number of nitrogens with one attached hydrogen (secondary N) is 2. The summed E-state index contributed by atoms with van der Waals surface area (Å²) in [7, 11) is -4.02. The highest BCUT2D eigenvalue weighted by molar-refractivity contribution is 7.85. The Morgan fingerprint density at radius 1 is 0.950 bits per heavy atom. The van der Waals surface area contributed by atoms with Crippen LogP contribution in [0.15, 0.2) is 59.5 Å². The summed E-state index contributed by atoms with van der Waals surface area (Å²) < 4.78 is 29.6. The second kappa shape index (κ2) is 7.61. The summed E-state index contributed by atoms with van der Waals surface area (Å²) in [6.45, 7) is 1.84. The van der Waals surface area contributed by atoms with Gasteiger partial charge in [0.1, 0.15) is 0 Å². The lowest BCUT2D eigenvalue weighted by Crippen LogP contribution is -2.15. The third-order valence-electron chi connectivity index (χ3n) is 2.29. The van der Waals surface area contributed by atoms with E-state index in [4.69, 9.17) is 9.76 Å². The molecule has 0 spiro atoms. The molecule has 0 aliphatic heterocycles. The van der Waals surface area contributed by atoms with E-state index < -0.39 is 10.1 Å². The van der Waals surface area contributed by atoms with Gasteiger partial charge in [-0.1, -0.05) is 35.9 Å². The molecule has 4 N–H and O–H groups in total. The van der Waals surface area contributed by atoms with Gasteiger partial charge in [-0.15, -0.1) is 5.59 Å². The van der Waals surface area contributed by atoms with Gasteiger partial charge in [-0.25, -0.2) is 0 Å². The second-order valence-electron chi connectivity index (χ2n) is 3.89. The van der Waals surface area contributed by atoms with Gasteiger partial charge in [-0.3, -0.25) is 15.2 Å². The van der Waals surface area contributed by atoms with Gasteiger partial charge in [-0.05, 0) is 31.2 Å². The normalized spacial score (nSPS) is 10.3. The summed E-state index contributed by atoms with van der Waals surface area (Å²) in [4.78, 5) is -0.0666. The van der Waals surface area contributed by atoms with E-state index in [-0.39, 0.29) is 4.90 Å². The maximum atomic E-state index is 10.5. The number of rotatable bonds is 3. The van der Waals surface area contributed by atoms with Crippen LogP contribution in [-0.2, 0) is 10.1 Å². The molecule has 0 aliphatic carbocycles. The lowest BCUT2D eigenvalue weighted by Gasteiger charge is -1.99. The quantitative estimate of drug-likeness (QED) is 0.512. The summed E-state index contributed by atoms with van der Waals surface area (Å²) in [6, 6.07) is 15.3. The Morgan fingerprint density at radius 2 is 1.50 bits per heavy atom. The van der Waals surface area contributed by atoms with Crippen LogP contribution in [0.25, 0.3) is 0 Å². The number of hydrogen-bond acceptors (Lipinski definition) is 5. The van der Waals surface area contributed by atoms with Crippen LogP contribution in [0.1, 0.15) is 5.56 Å². The van der Waals surface area contributed by atoms with Gasteiger partial charge in [0.05, 0.1) is 10.6 Å². The van der Waals surface area contributed by atoms with Crippen molar-refractivity contribution < 1.29 is 18.2 Å². The first kappa shape index (κ1) is 16.1. The summed E-state index contributed by atoms with van der Waals surface area (Å²) in [5.74, 6) is 0. The van der Waals surface area contributed by atoms with E-state index in [1.807, 2.05) is 42.8 Å². The fourth-order valence-corrected chi connectivity index (χ4v) is 1.78. The van der Waals surface area contributed by atoms with Crippen molar-refractivity contribution in [3.05, 3.63) is 60.2 Å². The minimum atomic E-state index is -4.02. The van der Waals surface area contributed by atoms with Gasteiger partial charge in [0, 0.05) is 0 Å². The minimum absolute atomic E-state index is 0.0666. The van der Waals surface area contributed by atoms with Crippen LogP contribution >= 0.6 is 0 Å². The maximum Gasteiger partial charge on any atom is 0.294 e. The van der Waals surface area contributed by atoms with Crippen LogP contribution in [0, 0.1) is 6.92 Å². The Hall–Kier alpha value is -1.93. The van der Waals surface area contributed by atoms with Crippen LogP contribution in [0.4, 0.5) is 5.69 Å². The van der Waals surface area contributed by atoms with E-state index in [0.717, 1.165) is 11.3 Å². The molecular weight excluding hydrogens is 280 g/mol. The molecule has 2 aromatic rings. The molecule has 2 aromatic carbocycles. The van der Waals surface area contributed by atoms with E-state index in [2.05, 4.69) is 5.43 Å². The Kier molecular flexibility index (Phi) is 6.13. The van der Waals surface area contributed by atoms with Gasteiger partial charge in [0.15, 0.2) is 0 Å². The van der Waals surface area contributed by atoms with E-state index >= 15 is 0 Å². The van der Waals surface area contributed by atoms with E-state index in [1.165, 1.54) is 12.1 Å². The Labute approximate surface area is 117 Å². The van der Waals surface area contributed by atoms with Crippen molar-refractivity contribution in [3.8, 4) is 0 Å². The Morgan fingerprint density at radius 3 is 1.95 bits per heavy atom. The van der Waals surface area contributed by atoms with Gasteiger partial charge in [0.25, 0.3) is 10.1 Å². The molecule has 6 nitrogen and oxygen atoms in total. The third kappa shape index (κ3) is 5.81. The average molecular weight is 296 g/mol. The summed E-state index contributed by atoms with van der Waals surface area (Å²) >= 11 is 0. The monoisotopic (exact) mass is 296 g/mol. The number of para-hydroxylation sites is 1. The zero-order valence-corrected chi connectivity index (χ0v) is 11.6. The van der Waals surface area contributed by atoms with Gasteiger partial charge >= 0.3 is 0 Å². The molecule has 0 saturated carbocycles. The fraction of sp³-hybridized carbons (Fsp3) is 0.0769. The molecule has 0 atom stereocenters. The predicted molar refractivity (Wildman–Crippen MR) is 76.0 cm³/mol. The van der Waals surface area contributed by atoms with Crippen molar-refractivity contribution in [2.75, 3.05) is 5.43 Å². The molecule has 2 rings (SSSR count). The van der Waals surface area contributed by atoms with Crippen molar-refractivity contribution in [1.29, 1.82) is 0 Å². The number of benzene rings is 2. The number of hydrogen-bond donors (Lipinski definition) is 4. The molecule has 0 bridgehead atoms. The van der Waals surface area contributed by atoms with Crippen LogP contribution in [0.3, 0.4) is 0 Å². The number of aryl methyl sites for hydroxylation is 1. The zero-order chi connectivity index (χ0) is 15.0. The van der Waals surface area contributed by atoms with Gasteiger partial charge < -0.3 is 0 Å². The average Bonchev–Trinajstić information content (AvgIpc) is 2.40. The molecule has 0 unspecified atom stereocenters. The largest absolute Gasteiger partial charge is 0.299 e. The van der Waals surface area contributed by atoms with Crippen LogP contribution in [-0.4, -0.2) is 18.2 Å². The first-order valence-electron chi connectivity index (χ1n) is 5.68. The van der Waals surface area contributed by atoms with Crippen LogP contribution < -0.4 is 11.0 Å². The third-order valence-corrected chi connectivity index (χ3v) is 3.16. The van der Waals surface area contributed by atoms with E-state index in [1.54, 1.807) is 12.1 Å². The molecule has 0 aromatic heterocycles. The van der Waals surface area contributed by atoms with Gasteiger partial charge in [0.2, 0.25) is 0 Å². The van der Waals surface area contributed by atoms with Crippen molar-refractivity contribution in [2.24, 2.45) is 0 Å². The lowest BCUT2D eigenvalue weighted by atomic mass is 10.2. The topological polar surface area (TPSA) is 98.7 Å². The van der Waals surface area contributed by atoms with Crippen molar-refractivity contribution in [1.82, 2.24) is 5.59 Å². The van der Waals surface area contributed by atoms with E-state index in [0.29, 0.717) is 0 Å². The first-order valence-corrected chi connectivity index (χ1v) is 7.12. The minimum Gasteiger partial charge on any atom is -0.299 e. The zero-order valence-electron chi connectivity index (χ0n) is 10.8. The standard InChI is InChI=1S/C7H8O3S.C6H8N2O/c1-6-2-4-7(5-3-6)11(8,9)10;9-8-7-6-4-2-1-3-5-6/h2-5H,1H3,(H,8,9,10);1-5,7-9H. The first-order chi connectivity index (χ1) is 9.43. The highest BCUT2D eigenvalue weighted by Crippen LogP contribution is 2.08. The Balaban J connectivity index is 0.000000204.